The van der Waals surface area contributed by atoms with Crippen LogP contribution in [0.25, 0.3) is 22.0 Å². The van der Waals surface area contributed by atoms with Crippen molar-refractivity contribution in [3.8, 4) is 11.1 Å². The summed E-state index contributed by atoms with van der Waals surface area (Å²) in [5, 5.41) is 20.3. The first-order valence-corrected chi connectivity index (χ1v) is 8.21. The molecule has 0 saturated carbocycles. The van der Waals surface area contributed by atoms with Gasteiger partial charge in [0.05, 0.1) is 12.7 Å². The highest BCUT2D eigenvalue weighted by molar-refractivity contribution is 7.80. The monoisotopic (exact) mass is 340 g/mol. The molecule has 4 N–H and O–H groups in total. The fraction of sp³-hybridized carbons (Fsp3) is 0.211. The number of hydrogen-bond donors (Lipinski definition) is 3. The summed E-state index contributed by atoms with van der Waals surface area (Å²) in [6, 6.07) is 13.7. The molecule has 4 nitrogen and oxygen atoms in total. The molecule has 0 spiro atoms. The Bertz CT molecular complexity index is 900. The lowest BCUT2D eigenvalue weighted by Crippen LogP contribution is -2.10. The van der Waals surface area contributed by atoms with E-state index in [2.05, 4.69) is 0 Å². The predicted molar refractivity (Wildman–Crippen MR) is 101 cm³/mol. The zero-order chi connectivity index (χ0) is 17.3. The third-order valence-electron chi connectivity index (χ3n) is 4.05. The molecule has 3 rings (SSSR count). The van der Waals surface area contributed by atoms with E-state index in [9.17, 15) is 10.2 Å². The second-order valence-electron chi connectivity index (χ2n) is 6.00. The Balaban J connectivity index is 2.21. The molecule has 0 aliphatic carbocycles. The highest BCUT2D eigenvalue weighted by atomic mass is 32.1. The molecule has 3 aromatic rings. The molecule has 5 heteroatoms. The molecule has 0 saturated heterocycles. The molecule has 0 aliphatic heterocycles. The van der Waals surface area contributed by atoms with Crippen LogP contribution in [0.15, 0.2) is 48.7 Å². The molecular formula is C19H20N2O2S. The van der Waals surface area contributed by atoms with Crippen LogP contribution in [0.3, 0.4) is 0 Å². The van der Waals surface area contributed by atoms with Gasteiger partial charge in [-0.05, 0) is 30.2 Å². The molecular weight excluding hydrogens is 320 g/mol. The zero-order valence-electron chi connectivity index (χ0n) is 13.4. The first-order valence-electron chi connectivity index (χ1n) is 7.80. The third-order valence-corrected chi connectivity index (χ3v) is 4.28. The van der Waals surface area contributed by atoms with E-state index in [0.29, 0.717) is 11.5 Å². The number of aliphatic hydroxyl groups excluding tert-OH is 2. The minimum absolute atomic E-state index is 0.0118. The van der Waals surface area contributed by atoms with Gasteiger partial charge in [0.2, 0.25) is 0 Å². The standard InChI is InChI=1S/C19H20N2O2S/c1-12(23)9-21-10-17(14-3-2-4-15(8-14)19(20)24)16-6-5-13(11-22)7-18(16)21/h2-8,10,12,22-23H,9,11H2,1H3,(H2,20,24). The molecule has 2 aromatic carbocycles. The van der Waals surface area contributed by atoms with Crippen LogP contribution < -0.4 is 5.73 Å². The van der Waals surface area contributed by atoms with Gasteiger partial charge < -0.3 is 20.5 Å². The van der Waals surface area contributed by atoms with Gasteiger partial charge in [-0.1, -0.05) is 42.5 Å². The first-order chi connectivity index (χ1) is 11.5. The molecule has 1 atom stereocenters. The van der Waals surface area contributed by atoms with Crippen LogP contribution in [0.1, 0.15) is 18.1 Å². The van der Waals surface area contributed by atoms with E-state index in [0.717, 1.165) is 33.2 Å². The van der Waals surface area contributed by atoms with Crippen LogP contribution in [0.5, 0.6) is 0 Å². The summed E-state index contributed by atoms with van der Waals surface area (Å²) < 4.78 is 2.02. The third kappa shape index (κ3) is 3.19. The maximum Gasteiger partial charge on any atom is 0.104 e. The van der Waals surface area contributed by atoms with E-state index in [-0.39, 0.29) is 6.61 Å². The van der Waals surface area contributed by atoms with Crippen molar-refractivity contribution in [3.05, 3.63) is 59.8 Å². The van der Waals surface area contributed by atoms with Gasteiger partial charge >= 0.3 is 0 Å². The molecule has 1 aromatic heterocycles. The van der Waals surface area contributed by atoms with Crippen molar-refractivity contribution >= 4 is 28.1 Å². The fourth-order valence-electron chi connectivity index (χ4n) is 2.94. The number of aromatic nitrogens is 1. The van der Waals surface area contributed by atoms with E-state index < -0.39 is 6.10 Å². The molecule has 0 aliphatic rings. The number of benzene rings is 2. The lowest BCUT2D eigenvalue weighted by molar-refractivity contribution is 0.175. The average Bonchev–Trinajstić information content (AvgIpc) is 2.92. The topological polar surface area (TPSA) is 71.4 Å². The molecule has 1 unspecified atom stereocenters. The largest absolute Gasteiger partial charge is 0.392 e. The fourth-order valence-corrected chi connectivity index (χ4v) is 3.07. The maximum atomic E-state index is 9.78. The van der Waals surface area contributed by atoms with Gasteiger partial charge in [-0.2, -0.15) is 0 Å². The molecule has 24 heavy (non-hydrogen) atoms. The molecule has 0 fully saturated rings. The summed E-state index contributed by atoms with van der Waals surface area (Å²) in [6.45, 7) is 2.23. The van der Waals surface area contributed by atoms with Gasteiger partial charge in [0, 0.05) is 34.8 Å². The van der Waals surface area contributed by atoms with Gasteiger partial charge in [0.1, 0.15) is 4.99 Å². The van der Waals surface area contributed by atoms with Crippen LogP contribution in [-0.2, 0) is 13.2 Å². The molecule has 1 heterocycles. The quantitative estimate of drug-likeness (QED) is 0.625. The van der Waals surface area contributed by atoms with Crippen molar-refractivity contribution in [2.75, 3.05) is 0 Å². The van der Waals surface area contributed by atoms with Crippen molar-refractivity contribution in [3.63, 3.8) is 0 Å². The Morgan fingerprint density at radius 1 is 1.25 bits per heavy atom. The number of thiocarbonyl (C=S) groups is 1. The van der Waals surface area contributed by atoms with Gasteiger partial charge in [-0.25, -0.2) is 0 Å². The van der Waals surface area contributed by atoms with E-state index in [1.807, 2.05) is 53.2 Å². The van der Waals surface area contributed by atoms with Gasteiger partial charge in [0.15, 0.2) is 0 Å². The van der Waals surface area contributed by atoms with Crippen LogP contribution in [0.2, 0.25) is 0 Å². The Hall–Kier alpha value is -2.21. The molecule has 0 amide bonds. The van der Waals surface area contributed by atoms with Crippen molar-refractivity contribution in [2.24, 2.45) is 5.73 Å². The summed E-state index contributed by atoms with van der Waals surface area (Å²) in [6.07, 6.45) is 1.56. The minimum atomic E-state index is -0.464. The van der Waals surface area contributed by atoms with Crippen LogP contribution >= 0.6 is 12.2 Å². The number of hydrogen-bond acceptors (Lipinski definition) is 3. The predicted octanol–water partition coefficient (Wildman–Crippen LogP) is 2.82. The zero-order valence-corrected chi connectivity index (χ0v) is 14.3. The summed E-state index contributed by atoms with van der Waals surface area (Å²) in [4.78, 5) is 0.368. The van der Waals surface area contributed by atoms with Gasteiger partial charge in [-0.15, -0.1) is 0 Å². The highest BCUT2D eigenvalue weighted by Crippen LogP contribution is 2.32. The number of rotatable bonds is 5. The first kappa shape index (κ1) is 16.6. The summed E-state index contributed by atoms with van der Waals surface area (Å²) in [7, 11) is 0. The Labute approximate surface area is 146 Å². The van der Waals surface area contributed by atoms with E-state index in [1.165, 1.54) is 0 Å². The van der Waals surface area contributed by atoms with E-state index >= 15 is 0 Å². The molecule has 0 bridgehead atoms. The van der Waals surface area contributed by atoms with Crippen LogP contribution in [0, 0.1) is 0 Å². The second kappa shape index (κ2) is 6.73. The normalized spacial score (nSPS) is 12.5. The van der Waals surface area contributed by atoms with Crippen molar-refractivity contribution in [2.45, 2.75) is 26.2 Å². The van der Waals surface area contributed by atoms with Crippen LogP contribution in [-0.4, -0.2) is 25.9 Å². The molecule has 0 radical (unpaired) electrons. The lowest BCUT2D eigenvalue weighted by atomic mass is 10.0. The minimum Gasteiger partial charge on any atom is -0.392 e. The average molecular weight is 340 g/mol. The van der Waals surface area contributed by atoms with Crippen molar-refractivity contribution in [1.29, 1.82) is 0 Å². The second-order valence-corrected chi connectivity index (χ2v) is 6.44. The number of nitrogens with two attached hydrogens (primary N) is 1. The van der Waals surface area contributed by atoms with Crippen LogP contribution in [0.4, 0.5) is 0 Å². The number of nitrogens with zero attached hydrogens (tertiary/aromatic N) is 1. The van der Waals surface area contributed by atoms with Gasteiger partial charge in [0.25, 0.3) is 0 Å². The Morgan fingerprint density at radius 3 is 2.71 bits per heavy atom. The SMILES string of the molecule is CC(O)Cn1cc(-c2cccc(C(N)=S)c2)c2ccc(CO)cc21. The van der Waals surface area contributed by atoms with E-state index in [1.54, 1.807) is 6.92 Å². The number of aliphatic hydroxyl groups is 2. The highest BCUT2D eigenvalue weighted by Gasteiger charge is 2.13. The smallest absolute Gasteiger partial charge is 0.104 e. The summed E-state index contributed by atoms with van der Waals surface area (Å²) in [5.74, 6) is 0. The Kier molecular flexibility index (Phi) is 4.66. The number of fused-ring (bicyclic) bond motifs is 1. The van der Waals surface area contributed by atoms with Crippen molar-refractivity contribution < 1.29 is 10.2 Å². The lowest BCUT2D eigenvalue weighted by Gasteiger charge is -2.08. The van der Waals surface area contributed by atoms with E-state index in [4.69, 9.17) is 18.0 Å². The Morgan fingerprint density at radius 2 is 2.04 bits per heavy atom. The molecule has 124 valence electrons. The van der Waals surface area contributed by atoms with Gasteiger partial charge in [-0.3, -0.25) is 0 Å². The summed E-state index contributed by atoms with van der Waals surface area (Å²) >= 11 is 5.07. The maximum absolute atomic E-state index is 9.78. The van der Waals surface area contributed by atoms with Crippen molar-refractivity contribution in [1.82, 2.24) is 4.57 Å². The summed E-state index contributed by atoms with van der Waals surface area (Å²) in [5.41, 5.74) is 10.5.